The third-order valence-electron chi connectivity index (χ3n) is 5.16. The highest BCUT2D eigenvalue weighted by Crippen LogP contribution is 2.44. The molecule has 0 atom stereocenters. The van der Waals surface area contributed by atoms with Crippen molar-refractivity contribution in [1.29, 1.82) is 0 Å². The van der Waals surface area contributed by atoms with Gasteiger partial charge < -0.3 is 5.32 Å². The molecular weight excluding hydrogens is 316 g/mol. The second-order valence-electron chi connectivity index (χ2n) is 7.16. The van der Waals surface area contributed by atoms with Crippen LogP contribution in [0.4, 0.5) is 8.78 Å². The van der Waals surface area contributed by atoms with Gasteiger partial charge in [0.05, 0.1) is 0 Å². The van der Waals surface area contributed by atoms with E-state index in [1.54, 1.807) is 18.2 Å². The van der Waals surface area contributed by atoms with Gasteiger partial charge in [0.2, 0.25) is 0 Å². The zero-order valence-electron chi connectivity index (χ0n) is 15.1. The first-order valence-corrected chi connectivity index (χ1v) is 8.86. The van der Waals surface area contributed by atoms with Crippen LogP contribution in [-0.4, -0.2) is 13.6 Å². The Morgan fingerprint density at radius 1 is 1.12 bits per heavy atom. The summed E-state index contributed by atoms with van der Waals surface area (Å²) in [5, 5.41) is 3.23. The number of nitrogens with one attached hydrogen (secondary N) is 1. The van der Waals surface area contributed by atoms with Crippen LogP contribution in [0.25, 0.3) is 11.6 Å². The normalized spacial score (nSPS) is 20.4. The molecule has 0 aliphatic heterocycles. The molecule has 1 N–H and O–H groups in total. The molecule has 0 heterocycles. The van der Waals surface area contributed by atoms with Crippen LogP contribution in [0, 0.1) is 37.3 Å². The molecule has 1 nitrogen and oxygen atoms in total. The lowest BCUT2D eigenvalue weighted by molar-refractivity contribution is 0.245. The minimum atomic E-state index is -0.241. The summed E-state index contributed by atoms with van der Waals surface area (Å²) >= 11 is 0. The van der Waals surface area contributed by atoms with Crippen molar-refractivity contribution in [3.05, 3.63) is 70.3 Å². The van der Waals surface area contributed by atoms with E-state index in [2.05, 4.69) is 17.5 Å². The van der Waals surface area contributed by atoms with Gasteiger partial charge in [0.1, 0.15) is 11.6 Å². The molecule has 1 fully saturated rings. The van der Waals surface area contributed by atoms with E-state index in [0.717, 1.165) is 36.1 Å². The fourth-order valence-corrected chi connectivity index (χ4v) is 3.71. The minimum absolute atomic E-state index is 0.161. The van der Waals surface area contributed by atoms with Crippen molar-refractivity contribution >= 4 is 11.6 Å². The van der Waals surface area contributed by atoms with Crippen molar-refractivity contribution in [3.63, 3.8) is 0 Å². The maximum absolute atomic E-state index is 14.3. The zero-order chi connectivity index (χ0) is 18.0. The number of aryl methyl sites for hydroxylation is 1. The minimum Gasteiger partial charge on any atom is -0.319 e. The third-order valence-corrected chi connectivity index (χ3v) is 5.16. The van der Waals surface area contributed by atoms with Crippen LogP contribution in [0.2, 0.25) is 0 Å². The van der Waals surface area contributed by atoms with Gasteiger partial charge in [-0.2, -0.15) is 0 Å². The molecule has 1 saturated carbocycles. The second kappa shape index (κ2) is 7.49. The highest BCUT2D eigenvalue weighted by molar-refractivity contribution is 5.84. The van der Waals surface area contributed by atoms with E-state index in [1.807, 2.05) is 20.9 Å². The van der Waals surface area contributed by atoms with Crippen LogP contribution < -0.4 is 5.32 Å². The summed E-state index contributed by atoms with van der Waals surface area (Å²) in [6.45, 7) is 4.78. The first-order chi connectivity index (χ1) is 12.0. The molecular formula is C22H25F2N. The van der Waals surface area contributed by atoms with Gasteiger partial charge >= 0.3 is 0 Å². The lowest BCUT2D eigenvalue weighted by Gasteiger charge is -2.38. The maximum atomic E-state index is 14.3. The molecule has 3 heteroatoms. The molecule has 132 valence electrons. The summed E-state index contributed by atoms with van der Waals surface area (Å²) in [5.74, 6) is 0.685. The highest BCUT2D eigenvalue weighted by Gasteiger charge is 2.32. The van der Waals surface area contributed by atoms with Crippen LogP contribution in [0.3, 0.4) is 0 Å². The Balaban J connectivity index is 2.00. The van der Waals surface area contributed by atoms with E-state index in [-0.39, 0.29) is 11.6 Å². The van der Waals surface area contributed by atoms with Crippen molar-refractivity contribution < 1.29 is 8.78 Å². The number of rotatable bonds is 5. The topological polar surface area (TPSA) is 12.0 Å². The monoisotopic (exact) mass is 341 g/mol. The van der Waals surface area contributed by atoms with Gasteiger partial charge in [0.15, 0.2) is 0 Å². The van der Waals surface area contributed by atoms with E-state index in [1.165, 1.54) is 17.7 Å². The Hall–Kier alpha value is -2.00. The summed E-state index contributed by atoms with van der Waals surface area (Å²) in [6, 6.07) is 10.1. The lowest BCUT2D eigenvalue weighted by atomic mass is 9.68. The summed E-state index contributed by atoms with van der Waals surface area (Å²) in [6.07, 6.45) is 4.30. The van der Waals surface area contributed by atoms with Gasteiger partial charge in [-0.05, 0) is 98.1 Å². The fourth-order valence-electron chi connectivity index (χ4n) is 3.71. The Morgan fingerprint density at radius 3 is 2.44 bits per heavy atom. The molecule has 0 bridgehead atoms. The molecule has 0 saturated heterocycles. The second-order valence-corrected chi connectivity index (χ2v) is 7.16. The predicted octanol–water partition coefficient (Wildman–Crippen LogP) is 5.37. The molecule has 3 rings (SSSR count). The van der Waals surface area contributed by atoms with Crippen LogP contribution in [0.15, 0.2) is 36.4 Å². The van der Waals surface area contributed by atoms with Gasteiger partial charge in [-0.25, -0.2) is 8.78 Å². The molecule has 0 spiro atoms. The average molecular weight is 341 g/mol. The van der Waals surface area contributed by atoms with Gasteiger partial charge in [-0.3, -0.25) is 0 Å². The SMILES string of the molecule is CNCC1CC(/C(=C\c2ccc(F)cc2)c2cc(C)cc(F)c2C)C1. The van der Waals surface area contributed by atoms with Crippen molar-refractivity contribution in [3.8, 4) is 0 Å². The Labute approximate surface area is 148 Å². The molecule has 0 unspecified atom stereocenters. The van der Waals surface area contributed by atoms with Crippen LogP contribution >= 0.6 is 0 Å². The first kappa shape index (κ1) is 17.8. The smallest absolute Gasteiger partial charge is 0.126 e. The molecule has 1 aliphatic rings. The van der Waals surface area contributed by atoms with Crippen LogP contribution in [0.1, 0.15) is 35.1 Å². The summed E-state index contributed by atoms with van der Waals surface area (Å²) in [5.41, 5.74) is 4.72. The Morgan fingerprint density at radius 2 is 1.80 bits per heavy atom. The van der Waals surface area contributed by atoms with Crippen LogP contribution in [-0.2, 0) is 0 Å². The predicted molar refractivity (Wildman–Crippen MR) is 100 cm³/mol. The number of hydrogen-bond acceptors (Lipinski definition) is 1. The number of benzene rings is 2. The largest absolute Gasteiger partial charge is 0.319 e. The zero-order valence-corrected chi connectivity index (χ0v) is 15.1. The number of allylic oxidation sites excluding steroid dienone is 1. The maximum Gasteiger partial charge on any atom is 0.126 e. The van der Waals surface area contributed by atoms with Gasteiger partial charge in [-0.1, -0.05) is 24.3 Å². The number of halogens is 2. The molecule has 0 aromatic heterocycles. The molecule has 25 heavy (non-hydrogen) atoms. The summed E-state index contributed by atoms with van der Waals surface area (Å²) < 4.78 is 27.5. The summed E-state index contributed by atoms with van der Waals surface area (Å²) in [4.78, 5) is 0. The first-order valence-electron chi connectivity index (χ1n) is 8.86. The van der Waals surface area contributed by atoms with E-state index >= 15 is 0 Å². The standard InChI is InChI=1S/C22H25F2N/c1-14-8-20(15(2)22(24)9-14)21(18-10-17(11-18)13-25-3)12-16-4-6-19(23)7-5-16/h4-9,12,17-18,25H,10-11,13H2,1-3H3/b21-12+. The average Bonchev–Trinajstić information content (AvgIpc) is 2.54. The summed E-state index contributed by atoms with van der Waals surface area (Å²) in [7, 11) is 1.97. The molecule has 0 radical (unpaired) electrons. The van der Waals surface area contributed by atoms with E-state index < -0.39 is 0 Å². The van der Waals surface area contributed by atoms with Crippen molar-refractivity contribution in [2.24, 2.45) is 11.8 Å². The van der Waals surface area contributed by atoms with Crippen molar-refractivity contribution in [1.82, 2.24) is 5.32 Å². The fraction of sp³-hybridized carbons (Fsp3) is 0.364. The Bertz CT molecular complexity index is 771. The lowest BCUT2D eigenvalue weighted by Crippen LogP contribution is -2.32. The highest BCUT2D eigenvalue weighted by atomic mass is 19.1. The van der Waals surface area contributed by atoms with Crippen molar-refractivity contribution in [2.75, 3.05) is 13.6 Å². The quantitative estimate of drug-likeness (QED) is 0.721. The molecule has 0 amide bonds. The van der Waals surface area contributed by atoms with E-state index in [4.69, 9.17) is 0 Å². The molecule has 2 aromatic carbocycles. The molecule has 2 aromatic rings. The molecule has 1 aliphatic carbocycles. The van der Waals surface area contributed by atoms with Gasteiger partial charge in [-0.15, -0.1) is 0 Å². The third kappa shape index (κ3) is 3.98. The van der Waals surface area contributed by atoms with E-state index in [9.17, 15) is 8.78 Å². The van der Waals surface area contributed by atoms with Gasteiger partial charge in [0, 0.05) is 0 Å². The Kier molecular flexibility index (Phi) is 5.33. The van der Waals surface area contributed by atoms with Crippen LogP contribution in [0.5, 0.6) is 0 Å². The van der Waals surface area contributed by atoms with Gasteiger partial charge in [0.25, 0.3) is 0 Å². The number of hydrogen-bond donors (Lipinski definition) is 1. The van der Waals surface area contributed by atoms with E-state index in [0.29, 0.717) is 17.4 Å². The van der Waals surface area contributed by atoms with Crippen molar-refractivity contribution in [2.45, 2.75) is 26.7 Å².